The van der Waals surface area contributed by atoms with Gasteiger partial charge in [0.15, 0.2) is 0 Å². The molecular formula is C17H20Cl2N2O2. The van der Waals surface area contributed by atoms with Crippen LogP contribution >= 0.6 is 23.2 Å². The van der Waals surface area contributed by atoms with Crippen molar-refractivity contribution in [3.63, 3.8) is 0 Å². The van der Waals surface area contributed by atoms with Gasteiger partial charge in [0.25, 0.3) is 0 Å². The fourth-order valence-corrected chi connectivity index (χ4v) is 3.73. The van der Waals surface area contributed by atoms with Gasteiger partial charge in [-0.1, -0.05) is 29.3 Å². The van der Waals surface area contributed by atoms with Crippen LogP contribution < -0.4 is 0 Å². The van der Waals surface area contributed by atoms with Crippen LogP contribution in [0.3, 0.4) is 0 Å². The smallest absolute Gasteiger partial charge is 0.228 e. The van der Waals surface area contributed by atoms with E-state index in [2.05, 4.69) is 0 Å². The third kappa shape index (κ3) is 3.33. The zero-order valence-electron chi connectivity index (χ0n) is 13.3. The summed E-state index contributed by atoms with van der Waals surface area (Å²) in [6, 6.07) is 5.49. The molecule has 1 saturated carbocycles. The average Bonchev–Trinajstić information content (AvgIpc) is 3.27. The molecule has 1 aliphatic carbocycles. The fourth-order valence-electron chi connectivity index (χ4n) is 3.16. The summed E-state index contributed by atoms with van der Waals surface area (Å²) in [5, 5.41) is 1.12. The van der Waals surface area contributed by atoms with Crippen molar-refractivity contribution < 1.29 is 9.59 Å². The van der Waals surface area contributed by atoms with Gasteiger partial charge in [-0.15, -0.1) is 0 Å². The molecular weight excluding hydrogens is 335 g/mol. The Balaban J connectivity index is 1.70. The van der Waals surface area contributed by atoms with Gasteiger partial charge in [-0.2, -0.15) is 0 Å². The molecule has 0 aromatic heterocycles. The Morgan fingerprint density at radius 1 is 1.35 bits per heavy atom. The van der Waals surface area contributed by atoms with E-state index in [0.717, 1.165) is 18.4 Å². The lowest BCUT2D eigenvalue weighted by Crippen LogP contribution is -2.36. The molecule has 6 heteroatoms. The number of likely N-dealkylation sites (tertiary alicyclic amines) is 1. The number of benzene rings is 1. The summed E-state index contributed by atoms with van der Waals surface area (Å²) in [6.45, 7) is 2.48. The lowest BCUT2D eigenvalue weighted by molar-refractivity contribution is -0.136. The molecule has 124 valence electrons. The number of carbonyl (C=O) groups is 2. The molecule has 2 aliphatic rings. The minimum absolute atomic E-state index is 0.0000154. The van der Waals surface area contributed by atoms with E-state index >= 15 is 0 Å². The van der Waals surface area contributed by atoms with Crippen molar-refractivity contribution in [2.45, 2.75) is 38.3 Å². The van der Waals surface area contributed by atoms with Crippen LogP contribution in [0.4, 0.5) is 0 Å². The number of amides is 2. The molecule has 3 rings (SSSR count). The second kappa shape index (κ2) is 6.33. The SMILES string of the molecule is CC(c1ccc(Cl)cc1Cl)N(C)C(=O)C1CC(=O)N(C2CC2)C1. The topological polar surface area (TPSA) is 40.6 Å². The lowest BCUT2D eigenvalue weighted by Gasteiger charge is -2.28. The van der Waals surface area contributed by atoms with Crippen LogP contribution in [-0.2, 0) is 9.59 Å². The Bertz CT molecular complexity index is 645. The molecule has 0 spiro atoms. The number of halogens is 2. The molecule has 2 amide bonds. The molecule has 0 bridgehead atoms. The quantitative estimate of drug-likeness (QED) is 0.829. The van der Waals surface area contributed by atoms with E-state index in [9.17, 15) is 9.59 Å². The minimum Gasteiger partial charge on any atom is -0.339 e. The molecule has 2 unspecified atom stereocenters. The number of hydrogen-bond donors (Lipinski definition) is 0. The second-order valence-electron chi connectivity index (χ2n) is 6.47. The molecule has 4 nitrogen and oxygen atoms in total. The first kappa shape index (κ1) is 16.6. The third-order valence-electron chi connectivity index (χ3n) is 4.84. The van der Waals surface area contributed by atoms with E-state index in [0.29, 0.717) is 29.1 Å². The lowest BCUT2D eigenvalue weighted by atomic mass is 10.0. The molecule has 1 aliphatic heterocycles. The van der Waals surface area contributed by atoms with E-state index in [-0.39, 0.29) is 23.8 Å². The van der Waals surface area contributed by atoms with Crippen LogP contribution in [0.1, 0.15) is 37.8 Å². The summed E-state index contributed by atoms with van der Waals surface area (Å²) in [7, 11) is 1.77. The van der Waals surface area contributed by atoms with Crippen LogP contribution in [0.25, 0.3) is 0 Å². The number of hydrogen-bond acceptors (Lipinski definition) is 2. The average molecular weight is 355 g/mol. The fraction of sp³-hybridized carbons (Fsp3) is 0.529. The predicted molar refractivity (Wildman–Crippen MR) is 90.5 cm³/mol. The maximum atomic E-state index is 12.8. The van der Waals surface area contributed by atoms with Crippen molar-refractivity contribution in [2.24, 2.45) is 5.92 Å². The highest BCUT2D eigenvalue weighted by molar-refractivity contribution is 6.35. The van der Waals surface area contributed by atoms with Gasteiger partial charge in [0, 0.05) is 36.1 Å². The summed E-state index contributed by atoms with van der Waals surface area (Å²) in [6.07, 6.45) is 2.46. The minimum atomic E-state index is -0.248. The summed E-state index contributed by atoms with van der Waals surface area (Å²) >= 11 is 12.2. The third-order valence-corrected chi connectivity index (χ3v) is 5.40. The van der Waals surface area contributed by atoms with Crippen LogP contribution in [0.2, 0.25) is 10.0 Å². The van der Waals surface area contributed by atoms with E-state index < -0.39 is 0 Å². The first-order valence-electron chi connectivity index (χ1n) is 7.89. The van der Waals surface area contributed by atoms with E-state index in [1.165, 1.54) is 0 Å². The van der Waals surface area contributed by atoms with Crippen LogP contribution in [0.15, 0.2) is 18.2 Å². The molecule has 0 radical (unpaired) electrons. The van der Waals surface area contributed by atoms with E-state index in [4.69, 9.17) is 23.2 Å². The van der Waals surface area contributed by atoms with Gasteiger partial charge in [-0.05, 0) is 37.5 Å². The van der Waals surface area contributed by atoms with Gasteiger partial charge in [0.05, 0.1) is 12.0 Å². The molecule has 2 fully saturated rings. The molecule has 1 saturated heterocycles. The van der Waals surface area contributed by atoms with Crippen LogP contribution in [0, 0.1) is 5.92 Å². The van der Waals surface area contributed by atoms with Crippen LogP contribution in [-0.4, -0.2) is 41.2 Å². The van der Waals surface area contributed by atoms with Gasteiger partial charge >= 0.3 is 0 Å². The van der Waals surface area contributed by atoms with Gasteiger partial charge in [-0.3, -0.25) is 9.59 Å². The molecule has 1 aromatic rings. The van der Waals surface area contributed by atoms with Crippen LogP contribution in [0.5, 0.6) is 0 Å². The van der Waals surface area contributed by atoms with Crippen molar-refractivity contribution in [2.75, 3.05) is 13.6 Å². The van der Waals surface area contributed by atoms with Gasteiger partial charge in [-0.25, -0.2) is 0 Å². The highest BCUT2D eigenvalue weighted by Gasteiger charge is 2.42. The summed E-state index contributed by atoms with van der Waals surface area (Å²) in [5.41, 5.74) is 0.857. The van der Waals surface area contributed by atoms with Gasteiger partial charge < -0.3 is 9.80 Å². The van der Waals surface area contributed by atoms with E-state index in [1.54, 1.807) is 24.1 Å². The summed E-state index contributed by atoms with van der Waals surface area (Å²) in [4.78, 5) is 28.3. The molecule has 1 heterocycles. The highest BCUT2D eigenvalue weighted by atomic mass is 35.5. The zero-order chi connectivity index (χ0) is 16.7. The maximum Gasteiger partial charge on any atom is 0.228 e. The van der Waals surface area contributed by atoms with Crippen molar-refractivity contribution in [1.82, 2.24) is 9.80 Å². The van der Waals surface area contributed by atoms with Crippen molar-refractivity contribution in [3.05, 3.63) is 33.8 Å². The first-order valence-corrected chi connectivity index (χ1v) is 8.65. The largest absolute Gasteiger partial charge is 0.339 e. The number of nitrogens with zero attached hydrogens (tertiary/aromatic N) is 2. The monoisotopic (exact) mass is 354 g/mol. The normalized spacial score (nSPS) is 22.3. The number of rotatable bonds is 4. The molecule has 23 heavy (non-hydrogen) atoms. The summed E-state index contributed by atoms with van der Waals surface area (Å²) < 4.78 is 0. The Labute approximate surface area is 146 Å². The van der Waals surface area contributed by atoms with Crippen molar-refractivity contribution in [3.8, 4) is 0 Å². The predicted octanol–water partition coefficient (Wildman–Crippen LogP) is 3.52. The zero-order valence-corrected chi connectivity index (χ0v) is 14.8. The van der Waals surface area contributed by atoms with Crippen molar-refractivity contribution in [1.29, 1.82) is 0 Å². The Hall–Kier alpha value is -1.26. The van der Waals surface area contributed by atoms with Crippen molar-refractivity contribution >= 4 is 35.0 Å². The second-order valence-corrected chi connectivity index (χ2v) is 7.31. The summed E-state index contributed by atoms with van der Waals surface area (Å²) in [5.74, 6) is -0.141. The van der Waals surface area contributed by atoms with E-state index in [1.807, 2.05) is 17.9 Å². The van der Waals surface area contributed by atoms with Gasteiger partial charge in [0.2, 0.25) is 11.8 Å². The molecule has 0 N–H and O–H groups in total. The van der Waals surface area contributed by atoms with Gasteiger partial charge in [0.1, 0.15) is 0 Å². The standard InChI is InChI=1S/C17H20Cl2N2O2/c1-10(14-6-3-12(18)8-15(14)19)20(2)17(23)11-7-16(22)21(9-11)13-4-5-13/h3,6,8,10-11,13H,4-5,7,9H2,1-2H3. The molecule has 2 atom stereocenters. The maximum absolute atomic E-state index is 12.8. The Morgan fingerprint density at radius 3 is 2.65 bits per heavy atom. The Morgan fingerprint density at radius 2 is 2.04 bits per heavy atom. The highest BCUT2D eigenvalue weighted by Crippen LogP contribution is 2.35. The Kier molecular flexibility index (Phi) is 4.56. The first-order chi connectivity index (χ1) is 10.9. The number of carbonyl (C=O) groups excluding carboxylic acids is 2. The molecule has 1 aromatic carbocycles.